The van der Waals surface area contributed by atoms with Crippen LogP contribution in [0.1, 0.15) is 53.6 Å². The number of aliphatic hydroxyl groups excluding tert-OH is 1. The first-order chi connectivity index (χ1) is 19.5. The number of rotatable bonds is 5. The maximum absolute atomic E-state index is 13.5. The molecule has 3 heterocycles. The Morgan fingerprint density at radius 3 is 2.65 bits per heavy atom. The van der Waals surface area contributed by atoms with Gasteiger partial charge < -0.3 is 19.4 Å². The highest BCUT2D eigenvalue weighted by molar-refractivity contribution is 5.94. The van der Waals surface area contributed by atoms with Gasteiger partial charge in [-0.3, -0.25) is 9.59 Å². The zero-order valence-electron chi connectivity index (χ0n) is 22.0. The number of hydrogen-bond acceptors (Lipinski definition) is 5. The molecule has 0 spiro atoms. The Hall–Kier alpha value is -4.49. The van der Waals surface area contributed by atoms with Crippen molar-refractivity contribution in [2.24, 2.45) is 0 Å². The van der Waals surface area contributed by atoms with Gasteiger partial charge in [-0.05, 0) is 54.5 Å². The van der Waals surface area contributed by atoms with Crippen molar-refractivity contribution in [3.05, 3.63) is 124 Å². The minimum Gasteiger partial charge on any atom is -0.464 e. The van der Waals surface area contributed by atoms with Gasteiger partial charge in [0.05, 0.1) is 29.5 Å². The number of aromatic nitrogens is 2. The molecule has 0 bridgehead atoms. The first-order valence-electron chi connectivity index (χ1n) is 13.7. The Morgan fingerprint density at radius 2 is 1.82 bits per heavy atom. The summed E-state index contributed by atoms with van der Waals surface area (Å²) >= 11 is 0. The Kier molecular flexibility index (Phi) is 5.90. The average Bonchev–Trinajstić information content (AvgIpc) is 3.74. The van der Waals surface area contributed by atoms with E-state index in [0.29, 0.717) is 36.3 Å². The first-order valence-corrected chi connectivity index (χ1v) is 13.7. The van der Waals surface area contributed by atoms with E-state index >= 15 is 0 Å². The number of aliphatic hydroxyl groups is 1. The van der Waals surface area contributed by atoms with Crippen molar-refractivity contribution in [3.8, 4) is 11.1 Å². The maximum atomic E-state index is 13.5. The van der Waals surface area contributed by atoms with E-state index in [1.807, 2.05) is 60.7 Å². The highest BCUT2D eigenvalue weighted by Gasteiger charge is 2.48. The fourth-order valence-electron chi connectivity index (χ4n) is 5.97. The van der Waals surface area contributed by atoms with Crippen LogP contribution in [0.4, 0.5) is 0 Å². The van der Waals surface area contributed by atoms with Gasteiger partial charge in [-0.1, -0.05) is 66.7 Å². The van der Waals surface area contributed by atoms with Gasteiger partial charge in [0.1, 0.15) is 11.4 Å². The fraction of sp³-hybridized carbons (Fsp3) is 0.242. The number of furan rings is 1. The standard InChI is InChI=1S/C33H29N3O4/c37-29(22-9-6-8-21(18-22)26-20-40-28-14-5-4-12-24(26)28)31(39)36-17-7-13-27-25(19-36)30(38)35-32(34-27)33(15-16-33)23-10-2-1-3-11-23/h1-6,8-12,14,18,20,29,37H,7,13,15-17,19H2,(H,34,35,38). The highest BCUT2D eigenvalue weighted by atomic mass is 16.3. The Balaban J connectivity index is 1.15. The summed E-state index contributed by atoms with van der Waals surface area (Å²) in [6.45, 7) is 0.565. The largest absolute Gasteiger partial charge is 0.464 e. The first kappa shape index (κ1) is 24.5. The van der Waals surface area contributed by atoms with Crippen LogP contribution < -0.4 is 5.56 Å². The van der Waals surface area contributed by atoms with Crippen LogP contribution in [-0.4, -0.2) is 32.4 Å². The quantitative estimate of drug-likeness (QED) is 0.322. The van der Waals surface area contributed by atoms with Crippen LogP contribution in [0.2, 0.25) is 0 Å². The summed E-state index contributed by atoms with van der Waals surface area (Å²) in [4.78, 5) is 36.4. The van der Waals surface area contributed by atoms with E-state index in [4.69, 9.17) is 9.40 Å². The molecule has 1 amide bonds. The minimum atomic E-state index is -1.35. The second-order valence-corrected chi connectivity index (χ2v) is 10.8. The monoisotopic (exact) mass is 531 g/mol. The van der Waals surface area contributed by atoms with E-state index < -0.39 is 12.0 Å². The van der Waals surface area contributed by atoms with Gasteiger partial charge in [0.25, 0.3) is 11.5 Å². The van der Waals surface area contributed by atoms with Crippen LogP contribution >= 0.6 is 0 Å². The number of fused-ring (bicyclic) bond motifs is 2. The van der Waals surface area contributed by atoms with Crippen LogP contribution in [0, 0.1) is 0 Å². The van der Waals surface area contributed by atoms with Gasteiger partial charge in [0.15, 0.2) is 6.10 Å². The van der Waals surface area contributed by atoms with Gasteiger partial charge in [0, 0.05) is 17.5 Å². The van der Waals surface area contributed by atoms with Crippen molar-refractivity contribution < 1.29 is 14.3 Å². The molecule has 7 rings (SSSR count). The molecule has 1 fully saturated rings. The highest BCUT2D eigenvalue weighted by Crippen LogP contribution is 2.52. The molecular weight excluding hydrogens is 502 g/mol. The third kappa shape index (κ3) is 4.14. The van der Waals surface area contributed by atoms with Gasteiger partial charge in [-0.15, -0.1) is 0 Å². The second kappa shape index (κ2) is 9.61. The second-order valence-electron chi connectivity index (χ2n) is 10.8. The number of nitrogens with one attached hydrogen (secondary N) is 1. The predicted molar refractivity (Wildman–Crippen MR) is 152 cm³/mol. The topological polar surface area (TPSA) is 99.4 Å². The lowest BCUT2D eigenvalue weighted by atomic mass is 9.94. The lowest BCUT2D eigenvalue weighted by molar-refractivity contribution is -0.141. The van der Waals surface area contributed by atoms with Crippen molar-refractivity contribution in [1.29, 1.82) is 0 Å². The average molecular weight is 532 g/mol. The van der Waals surface area contributed by atoms with Crippen LogP contribution in [0.25, 0.3) is 22.1 Å². The minimum absolute atomic E-state index is 0.123. The molecule has 0 saturated heterocycles. The Morgan fingerprint density at radius 1 is 1.02 bits per heavy atom. The van der Waals surface area contributed by atoms with E-state index in [9.17, 15) is 14.7 Å². The van der Waals surface area contributed by atoms with Crippen LogP contribution in [0.5, 0.6) is 0 Å². The molecule has 1 aliphatic heterocycles. The molecule has 2 aliphatic rings. The van der Waals surface area contributed by atoms with Crippen molar-refractivity contribution in [2.45, 2.75) is 43.7 Å². The van der Waals surface area contributed by atoms with E-state index in [1.54, 1.807) is 17.2 Å². The van der Waals surface area contributed by atoms with Gasteiger partial charge in [0.2, 0.25) is 0 Å². The molecule has 3 aromatic carbocycles. The molecule has 1 unspecified atom stereocenters. The number of hydrogen-bond donors (Lipinski definition) is 2. The molecule has 1 aliphatic carbocycles. The van der Waals surface area contributed by atoms with E-state index in [-0.39, 0.29) is 17.5 Å². The number of para-hydroxylation sites is 1. The van der Waals surface area contributed by atoms with E-state index in [2.05, 4.69) is 17.1 Å². The molecule has 40 heavy (non-hydrogen) atoms. The molecule has 2 aromatic heterocycles. The number of amides is 1. The third-order valence-electron chi connectivity index (χ3n) is 8.36. The van der Waals surface area contributed by atoms with Crippen molar-refractivity contribution in [1.82, 2.24) is 14.9 Å². The summed E-state index contributed by atoms with van der Waals surface area (Å²) in [5, 5.41) is 12.1. The normalized spacial score (nSPS) is 16.8. The summed E-state index contributed by atoms with van der Waals surface area (Å²) in [6, 6.07) is 25.3. The zero-order chi connectivity index (χ0) is 27.3. The lowest BCUT2D eigenvalue weighted by Crippen LogP contribution is -2.36. The third-order valence-corrected chi connectivity index (χ3v) is 8.36. The Labute approximate surface area is 231 Å². The summed E-state index contributed by atoms with van der Waals surface area (Å²) in [6.07, 6.45) is 3.52. The predicted octanol–water partition coefficient (Wildman–Crippen LogP) is 5.27. The molecular formula is C33H29N3O4. The van der Waals surface area contributed by atoms with Gasteiger partial charge >= 0.3 is 0 Å². The number of carbonyl (C=O) groups is 1. The molecule has 200 valence electrons. The maximum Gasteiger partial charge on any atom is 0.256 e. The fourth-order valence-corrected chi connectivity index (χ4v) is 5.97. The van der Waals surface area contributed by atoms with Gasteiger partial charge in [-0.2, -0.15) is 0 Å². The molecule has 7 heteroatoms. The number of aromatic amines is 1. The zero-order valence-corrected chi connectivity index (χ0v) is 22.0. The SMILES string of the molecule is O=C(C(O)c1cccc(-c2coc3ccccc23)c1)N1CCCc2nc(C3(c4ccccc4)CC3)[nH]c(=O)c2C1. The van der Waals surface area contributed by atoms with E-state index in [0.717, 1.165) is 46.2 Å². The van der Waals surface area contributed by atoms with Gasteiger partial charge in [-0.25, -0.2) is 4.98 Å². The molecule has 5 aromatic rings. The molecule has 1 atom stereocenters. The number of benzene rings is 3. The number of aryl methyl sites for hydroxylation is 1. The van der Waals surface area contributed by atoms with Crippen molar-refractivity contribution >= 4 is 16.9 Å². The number of carbonyl (C=O) groups excluding carboxylic acids is 1. The molecule has 1 saturated carbocycles. The molecule has 7 nitrogen and oxygen atoms in total. The number of H-pyrrole nitrogens is 1. The van der Waals surface area contributed by atoms with Crippen LogP contribution in [-0.2, 0) is 23.2 Å². The smallest absolute Gasteiger partial charge is 0.256 e. The molecule has 0 radical (unpaired) electrons. The lowest BCUT2D eigenvalue weighted by Gasteiger charge is -2.24. The summed E-state index contributed by atoms with van der Waals surface area (Å²) in [5.74, 6) is 0.291. The summed E-state index contributed by atoms with van der Waals surface area (Å²) < 4.78 is 5.69. The van der Waals surface area contributed by atoms with Crippen molar-refractivity contribution in [3.63, 3.8) is 0 Å². The molecule has 2 N–H and O–H groups in total. The van der Waals surface area contributed by atoms with Crippen LogP contribution in [0.15, 0.2) is 94.3 Å². The van der Waals surface area contributed by atoms with Crippen LogP contribution in [0.3, 0.4) is 0 Å². The number of nitrogens with zero attached hydrogens (tertiary/aromatic N) is 2. The van der Waals surface area contributed by atoms with Crippen molar-refractivity contribution in [2.75, 3.05) is 6.54 Å². The summed E-state index contributed by atoms with van der Waals surface area (Å²) in [5.41, 5.74) is 5.01. The summed E-state index contributed by atoms with van der Waals surface area (Å²) in [7, 11) is 0. The Bertz CT molecular complexity index is 1780. The van der Waals surface area contributed by atoms with E-state index in [1.165, 1.54) is 0 Å².